The summed E-state index contributed by atoms with van der Waals surface area (Å²) in [5.74, 6) is -3.09. The fourth-order valence-corrected chi connectivity index (χ4v) is 4.41. The maximum Gasteiger partial charge on any atom is 0.267 e. The summed E-state index contributed by atoms with van der Waals surface area (Å²) in [7, 11) is 0. The van der Waals surface area contributed by atoms with Crippen LogP contribution in [-0.4, -0.2) is 49.6 Å². The molecule has 1 atom stereocenters. The Labute approximate surface area is 199 Å². The summed E-state index contributed by atoms with van der Waals surface area (Å²) < 4.78 is 42.1. The summed E-state index contributed by atoms with van der Waals surface area (Å²) in [5, 5.41) is 13.0. The topological polar surface area (TPSA) is 112 Å². The van der Waals surface area contributed by atoms with E-state index >= 15 is 0 Å². The number of hydrogen-bond acceptors (Lipinski definition) is 7. The van der Waals surface area contributed by atoms with Crippen LogP contribution in [0, 0.1) is 5.95 Å². The number of pyridine rings is 1. The van der Waals surface area contributed by atoms with E-state index < -0.39 is 36.8 Å². The van der Waals surface area contributed by atoms with E-state index in [1.807, 2.05) is 19.9 Å². The normalized spacial score (nSPS) is 18.7. The average molecular weight is 487 g/mol. The third kappa shape index (κ3) is 4.77. The maximum absolute atomic E-state index is 14.5. The third-order valence-electron chi connectivity index (χ3n) is 6.21. The first-order valence-electron chi connectivity index (χ1n) is 11.5. The Hall–Kier alpha value is -3.70. The molecule has 1 aliphatic carbocycles. The first kappa shape index (κ1) is 23.1. The molecule has 12 heteroatoms. The Morgan fingerprint density at radius 3 is 2.80 bits per heavy atom. The van der Waals surface area contributed by atoms with Crippen LogP contribution in [0.3, 0.4) is 0 Å². The molecule has 9 nitrogen and oxygen atoms in total. The van der Waals surface area contributed by atoms with Crippen molar-refractivity contribution in [3.8, 4) is 0 Å². The van der Waals surface area contributed by atoms with E-state index in [0.29, 0.717) is 18.1 Å². The molecule has 3 aromatic rings. The summed E-state index contributed by atoms with van der Waals surface area (Å²) in [5.41, 5.74) is 2.86. The van der Waals surface area contributed by atoms with Gasteiger partial charge in [-0.15, -0.1) is 0 Å². The van der Waals surface area contributed by atoms with Crippen molar-refractivity contribution in [2.75, 3.05) is 22.1 Å². The number of amides is 1. The predicted molar refractivity (Wildman–Crippen MR) is 124 cm³/mol. The summed E-state index contributed by atoms with van der Waals surface area (Å²) >= 11 is 0. The van der Waals surface area contributed by atoms with Crippen LogP contribution in [0.4, 0.5) is 36.4 Å². The summed E-state index contributed by atoms with van der Waals surface area (Å²) in [4.78, 5) is 26.8. The zero-order valence-corrected chi connectivity index (χ0v) is 19.3. The van der Waals surface area contributed by atoms with Crippen LogP contribution in [0.2, 0.25) is 0 Å². The summed E-state index contributed by atoms with van der Waals surface area (Å²) in [6, 6.07) is 3.07. The fraction of sp³-hybridized carbons (Fsp3) is 0.435. The Morgan fingerprint density at radius 1 is 1.26 bits per heavy atom. The van der Waals surface area contributed by atoms with Gasteiger partial charge in [-0.25, -0.2) is 18.7 Å². The number of hydrogen-bond donors (Lipinski definition) is 3. The average Bonchev–Trinajstić information content (AvgIpc) is 3.53. The highest BCUT2D eigenvalue weighted by Crippen LogP contribution is 2.37. The molecule has 3 N–H and O–H groups in total. The number of aromatic nitrogens is 5. The molecular formula is C23H25F3N8O. The van der Waals surface area contributed by atoms with Crippen molar-refractivity contribution in [3.63, 3.8) is 0 Å². The number of rotatable bonds is 6. The van der Waals surface area contributed by atoms with Crippen LogP contribution in [0.15, 0.2) is 24.4 Å². The number of alkyl halides is 2. The molecule has 0 saturated carbocycles. The van der Waals surface area contributed by atoms with Gasteiger partial charge in [0.2, 0.25) is 17.8 Å². The standard InChI is InChI=1S/C23H25F3N8O/c1-12(2)16-8-19(33-32-16)30-20-14-4-3-5-15(14)29-22(31-20)34-11-23(25,26)9-17(34)21(35)28-13-6-7-18(24)27-10-13/h6-8,10,12,17H,3-5,9,11H2,1-2H3,(H,28,35)(H2,29,30,31,32,33)/t17-/m1/s1. The minimum atomic E-state index is -3.10. The van der Waals surface area contributed by atoms with E-state index in [9.17, 15) is 18.0 Å². The van der Waals surface area contributed by atoms with Crippen molar-refractivity contribution in [2.24, 2.45) is 0 Å². The molecule has 0 spiro atoms. The molecule has 4 heterocycles. The molecule has 0 unspecified atom stereocenters. The van der Waals surface area contributed by atoms with Crippen molar-refractivity contribution in [1.82, 2.24) is 25.1 Å². The molecule has 3 aromatic heterocycles. The quantitative estimate of drug-likeness (QED) is 0.453. The lowest BCUT2D eigenvalue weighted by Gasteiger charge is -2.24. The third-order valence-corrected chi connectivity index (χ3v) is 6.21. The molecule has 1 fully saturated rings. The lowest BCUT2D eigenvalue weighted by molar-refractivity contribution is -0.118. The molecule has 5 rings (SSSR count). The molecule has 0 radical (unpaired) electrons. The zero-order chi connectivity index (χ0) is 24.7. The van der Waals surface area contributed by atoms with Gasteiger partial charge in [0.05, 0.1) is 24.1 Å². The van der Waals surface area contributed by atoms with Gasteiger partial charge in [-0.2, -0.15) is 14.5 Å². The number of aryl methyl sites for hydroxylation is 1. The predicted octanol–water partition coefficient (Wildman–Crippen LogP) is 3.94. The van der Waals surface area contributed by atoms with Crippen molar-refractivity contribution in [1.29, 1.82) is 0 Å². The number of halogens is 3. The Morgan fingerprint density at radius 2 is 2.09 bits per heavy atom. The highest BCUT2D eigenvalue weighted by Gasteiger charge is 2.49. The van der Waals surface area contributed by atoms with Crippen molar-refractivity contribution in [3.05, 3.63) is 47.3 Å². The zero-order valence-electron chi connectivity index (χ0n) is 19.3. The number of aromatic amines is 1. The lowest BCUT2D eigenvalue weighted by Crippen LogP contribution is -2.41. The molecular weight excluding hydrogens is 461 g/mol. The van der Waals surface area contributed by atoms with Crippen LogP contribution in [0.1, 0.15) is 49.6 Å². The van der Waals surface area contributed by atoms with Gasteiger partial charge in [0.1, 0.15) is 11.9 Å². The largest absolute Gasteiger partial charge is 0.323 e. The van der Waals surface area contributed by atoms with E-state index in [0.717, 1.165) is 42.1 Å². The second-order valence-electron chi connectivity index (χ2n) is 9.20. The first-order valence-corrected chi connectivity index (χ1v) is 11.5. The smallest absolute Gasteiger partial charge is 0.267 e. The summed E-state index contributed by atoms with van der Waals surface area (Å²) in [6.07, 6.45) is 2.77. The molecule has 0 bridgehead atoms. The second kappa shape index (κ2) is 8.82. The van der Waals surface area contributed by atoms with Crippen LogP contribution in [-0.2, 0) is 17.6 Å². The van der Waals surface area contributed by atoms with E-state index in [1.165, 1.54) is 11.0 Å². The van der Waals surface area contributed by atoms with Gasteiger partial charge in [-0.05, 0) is 37.3 Å². The van der Waals surface area contributed by atoms with Crippen molar-refractivity contribution >= 4 is 29.2 Å². The van der Waals surface area contributed by atoms with E-state index in [-0.39, 0.29) is 17.6 Å². The number of nitrogens with zero attached hydrogens (tertiary/aromatic N) is 5. The van der Waals surface area contributed by atoms with Crippen LogP contribution in [0.5, 0.6) is 0 Å². The van der Waals surface area contributed by atoms with Gasteiger partial charge in [-0.1, -0.05) is 13.8 Å². The molecule has 35 heavy (non-hydrogen) atoms. The Bertz CT molecular complexity index is 1240. The maximum atomic E-state index is 14.5. The van der Waals surface area contributed by atoms with E-state index in [1.54, 1.807) is 0 Å². The van der Waals surface area contributed by atoms with Gasteiger partial charge in [0.15, 0.2) is 5.82 Å². The van der Waals surface area contributed by atoms with Gasteiger partial charge in [0, 0.05) is 23.7 Å². The fourth-order valence-electron chi connectivity index (χ4n) is 4.41. The molecule has 1 amide bonds. The van der Waals surface area contributed by atoms with Crippen molar-refractivity contribution in [2.45, 2.75) is 57.4 Å². The van der Waals surface area contributed by atoms with Crippen molar-refractivity contribution < 1.29 is 18.0 Å². The monoisotopic (exact) mass is 486 g/mol. The number of anilines is 4. The van der Waals surface area contributed by atoms with Crippen LogP contribution in [0.25, 0.3) is 0 Å². The molecule has 2 aliphatic rings. The van der Waals surface area contributed by atoms with Gasteiger partial charge in [-0.3, -0.25) is 9.89 Å². The highest BCUT2D eigenvalue weighted by atomic mass is 19.3. The number of carbonyl (C=O) groups excluding carboxylic acids is 1. The van der Waals surface area contributed by atoms with E-state index in [2.05, 4.69) is 35.8 Å². The number of fused-ring (bicyclic) bond motifs is 1. The van der Waals surface area contributed by atoms with Gasteiger partial charge < -0.3 is 15.5 Å². The first-order chi connectivity index (χ1) is 16.7. The minimum Gasteiger partial charge on any atom is -0.323 e. The van der Waals surface area contributed by atoms with E-state index in [4.69, 9.17) is 0 Å². The van der Waals surface area contributed by atoms with Gasteiger partial charge >= 0.3 is 0 Å². The minimum absolute atomic E-state index is 0.0577. The Balaban J connectivity index is 1.45. The Kier molecular flexibility index (Phi) is 5.81. The number of nitrogens with one attached hydrogen (secondary N) is 3. The molecule has 1 saturated heterocycles. The SMILES string of the molecule is CC(C)c1cc(Nc2nc(N3CC(F)(F)C[C@@H]3C(=O)Nc3ccc(F)nc3)nc3c2CCC3)n[nH]1. The summed E-state index contributed by atoms with van der Waals surface area (Å²) in [6.45, 7) is 3.39. The van der Waals surface area contributed by atoms with Gasteiger partial charge in [0.25, 0.3) is 5.92 Å². The molecule has 184 valence electrons. The lowest BCUT2D eigenvalue weighted by atomic mass is 10.1. The molecule has 1 aliphatic heterocycles. The number of carbonyl (C=O) groups is 1. The molecule has 0 aromatic carbocycles. The second-order valence-corrected chi connectivity index (χ2v) is 9.20. The number of H-pyrrole nitrogens is 1. The van der Waals surface area contributed by atoms with Crippen LogP contribution < -0.4 is 15.5 Å². The van der Waals surface area contributed by atoms with Crippen LogP contribution >= 0.6 is 0 Å². The highest BCUT2D eigenvalue weighted by molar-refractivity contribution is 5.97.